The van der Waals surface area contributed by atoms with Gasteiger partial charge in [0.05, 0.1) is 6.20 Å². The largest absolute Gasteiger partial charge is 0.338 e. The Morgan fingerprint density at radius 2 is 2.20 bits per heavy atom. The molecule has 20 heavy (non-hydrogen) atoms. The van der Waals surface area contributed by atoms with Crippen molar-refractivity contribution in [2.24, 2.45) is 0 Å². The molecule has 0 aromatic carbocycles. The highest BCUT2D eigenvalue weighted by atomic mass is 15.3. The van der Waals surface area contributed by atoms with Gasteiger partial charge in [-0.25, -0.2) is 4.98 Å². The Labute approximate surface area is 118 Å². The van der Waals surface area contributed by atoms with Crippen molar-refractivity contribution in [1.82, 2.24) is 19.4 Å². The lowest BCUT2D eigenvalue weighted by Gasteiger charge is -2.09. The first-order chi connectivity index (χ1) is 9.70. The zero-order chi connectivity index (χ0) is 14.1. The maximum Gasteiger partial charge on any atom is 0.158 e. The predicted molar refractivity (Wildman–Crippen MR) is 80.7 cm³/mol. The van der Waals surface area contributed by atoms with E-state index < -0.39 is 0 Å². The molecule has 3 aromatic heterocycles. The van der Waals surface area contributed by atoms with Crippen LogP contribution in [0.25, 0.3) is 22.2 Å². The van der Waals surface area contributed by atoms with Crippen molar-refractivity contribution < 1.29 is 0 Å². The van der Waals surface area contributed by atoms with Gasteiger partial charge in [-0.2, -0.15) is 5.10 Å². The molecule has 5 nitrogen and oxygen atoms in total. The lowest BCUT2D eigenvalue weighted by Crippen LogP contribution is -2.06. The highest BCUT2D eigenvalue weighted by Crippen LogP contribution is 2.28. The quantitative estimate of drug-likeness (QED) is 0.741. The van der Waals surface area contributed by atoms with Gasteiger partial charge >= 0.3 is 0 Å². The van der Waals surface area contributed by atoms with Gasteiger partial charge in [0.2, 0.25) is 0 Å². The zero-order valence-electron chi connectivity index (χ0n) is 11.8. The third-order valence-corrected chi connectivity index (χ3v) is 3.69. The number of hydrogen-bond donors (Lipinski definition) is 1. The molecule has 0 spiro atoms. The maximum absolute atomic E-state index is 5.85. The first kappa shape index (κ1) is 12.7. The molecule has 3 rings (SSSR count). The minimum absolute atomic E-state index is 0.421. The molecule has 0 radical (unpaired) electrons. The van der Waals surface area contributed by atoms with Crippen molar-refractivity contribution in [3.05, 3.63) is 36.9 Å². The van der Waals surface area contributed by atoms with Crippen LogP contribution in [0.2, 0.25) is 0 Å². The van der Waals surface area contributed by atoms with Crippen molar-refractivity contribution in [3.8, 4) is 11.1 Å². The molecule has 0 aliphatic carbocycles. The van der Waals surface area contributed by atoms with Gasteiger partial charge in [-0.1, -0.05) is 13.3 Å². The van der Waals surface area contributed by atoms with Crippen molar-refractivity contribution in [2.75, 3.05) is 5.84 Å². The molecule has 104 valence electrons. The number of nitrogens with zero attached hydrogens (tertiary/aromatic N) is 4. The number of hydrogen-bond acceptors (Lipinski definition) is 3. The fourth-order valence-corrected chi connectivity index (χ4v) is 2.58. The number of nitrogen functional groups attached to an aromatic ring is 1. The van der Waals surface area contributed by atoms with Crippen molar-refractivity contribution in [2.45, 2.75) is 32.7 Å². The lowest BCUT2D eigenvalue weighted by molar-refractivity contribution is 0.455. The summed E-state index contributed by atoms with van der Waals surface area (Å²) in [6.45, 7) is 4.38. The Morgan fingerprint density at radius 3 is 3.00 bits per heavy atom. The molecule has 5 heteroatoms. The molecule has 0 saturated heterocycles. The second kappa shape index (κ2) is 5.00. The van der Waals surface area contributed by atoms with E-state index in [1.165, 1.54) is 0 Å². The molecular weight excluding hydrogens is 250 g/mol. The highest BCUT2D eigenvalue weighted by Gasteiger charge is 2.11. The van der Waals surface area contributed by atoms with E-state index in [0.717, 1.165) is 35.0 Å². The Balaban J connectivity index is 2.03. The summed E-state index contributed by atoms with van der Waals surface area (Å²) in [6, 6.07) is 4.42. The molecule has 0 fully saturated rings. The molecule has 0 saturated carbocycles. The Kier molecular flexibility index (Phi) is 3.18. The highest BCUT2D eigenvalue weighted by molar-refractivity contribution is 5.92. The SMILES string of the molecule is CCC[C@@H](C)n1cc(-c2ccnc3c2ccn3N)cn1. The van der Waals surface area contributed by atoms with E-state index in [9.17, 15) is 0 Å². The molecule has 0 unspecified atom stereocenters. The summed E-state index contributed by atoms with van der Waals surface area (Å²) in [5.74, 6) is 5.85. The number of nitrogens with two attached hydrogens (primary N) is 1. The standard InChI is InChI=1S/C15H19N5/c1-3-4-11(2)20-10-12(9-18-20)13-5-7-17-15-14(13)6-8-19(15)16/h5-11H,3-4,16H2,1-2H3/t11-/m1/s1. The van der Waals surface area contributed by atoms with Gasteiger partial charge < -0.3 is 5.84 Å². The fraction of sp³-hybridized carbons (Fsp3) is 0.333. The average Bonchev–Trinajstić information content (AvgIpc) is 3.07. The van der Waals surface area contributed by atoms with Crippen LogP contribution in [0.1, 0.15) is 32.7 Å². The van der Waals surface area contributed by atoms with Gasteiger partial charge in [-0.15, -0.1) is 0 Å². The van der Waals surface area contributed by atoms with Crippen LogP contribution in [0.15, 0.2) is 36.9 Å². The molecule has 3 heterocycles. The van der Waals surface area contributed by atoms with Crippen LogP contribution in [-0.4, -0.2) is 19.4 Å². The van der Waals surface area contributed by atoms with E-state index in [1.54, 1.807) is 10.9 Å². The summed E-state index contributed by atoms with van der Waals surface area (Å²) >= 11 is 0. The first-order valence-corrected chi connectivity index (χ1v) is 6.96. The molecule has 0 aliphatic heterocycles. The second-order valence-corrected chi connectivity index (χ2v) is 5.17. The van der Waals surface area contributed by atoms with Gasteiger partial charge in [-0.05, 0) is 31.0 Å². The molecule has 2 N–H and O–H groups in total. The topological polar surface area (TPSA) is 61.7 Å². The van der Waals surface area contributed by atoms with Gasteiger partial charge in [0.25, 0.3) is 0 Å². The Hall–Kier alpha value is -2.30. The molecule has 1 atom stereocenters. The summed E-state index contributed by atoms with van der Waals surface area (Å²) in [7, 11) is 0. The van der Waals surface area contributed by atoms with Crippen LogP contribution in [0.3, 0.4) is 0 Å². The molecule has 0 aliphatic rings. The van der Waals surface area contributed by atoms with Crippen LogP contribution in [-0.2, 0) is 0 Å². The van der Waals surface area contributed by atoms with Crippen LogP contribution in [0.4, 0.5) is 0 Å². The third-order valence-electron chi connectivity index (χ3n) is 3.69. The minimum atomic E-state index is 0.421. The summed E-state index contributed by atoms with van der Waals surface area (Å²) in [5.41, 5.74) is 3.01. The minimum Gasteiger partial charge on any atom is -0.338 e. The normalized spacial score (nSPS) is 12.9. The van der Waals surface area contributed by atoms with Crippen molar-refractivity contribution >= 4 is 11.0 Å². The van der Waals surface area contributed by atoms with E-state index in [4.69, 9.17) is 5.84 Å². The predicted octanol–water partition coefficient (Wildman–Crippen LogP) is 2.97. The van der Waals surface area contributed by atoms with E-state index >= 15 is 0 Å². The number of aromatic nitrogens is 4. The average molecular weight is 269 g/mol. The number of fused-ring (bicyclic) bond motifs is 1. The van der Waals surface area contributed by atoms with E-state index in [-0.39, 0.29) is 0 Å². The number of rotatable bonds is 4. The van der Waals surface area contributed by atoms with Crippen LogP contribution < -0.4 is 5.84 Å². The summed E-state index contributed by atoms with van der Waals surface area (Å²) < 4.78 is 3.58. The van der Waals surface area contributed by atoms with E-state index in [0.29, 0.717) is 6.04 Å². The second-order valence-electron chi connectivity index (χ2n) is 5.17. The van der Waals surface area contributed by atoms with Gasteiger partial charge in [0.15, 0.2) is 5.65 Å². The van der Waals surface area contributed by atoms with Gasteiger partial charge in [0.1, 0.15) is 0 Å². The van der Waals surface area contributed by atoms with Gasteiger partial charge in [0, 0.05) is 35.6 Å². The van der Waals surface area contributed by atoms with Crippen LogP contribution in [0, 0.1) is 0 Å². The van der Waals surface area contributed by atoms with Crippen molar-refractivity contribution in [3.63, 3.8) is 0 Å². The van der Waals surface area contributed by atoms with Crippen molar-refractivity contribution in [1.29, 1.82) is 0 Å². The lowest BCUT2D eigenvalue weighted by atomic mass is 10.1. The molecular formula is C15H19N5. The monoisotopic (exact) mass is 269 g/mol. The van der Waals surface area contributed by atoms with Gasteiger partial charge in [-0.3, -0.25) is 9.36 Å². The summed E-state index contributed by atoms with van der Waals surface area (Å²) in [5, 5.41) is 5.54. The molecule has 0 bridgehead atoms. The van der Waals surface area contributed by atoms with E-state index in [1.807, 2.05) is 29.2 Å². The Bertz CT molecular complexity index is 725. The smallest absolute Gasteiger partial charge is 0.158 e. The van der Waals surface area contributed by atoms with E-state index in [2.05, 4.69) is 30.1 Å². The zero-order valence-corrected chi connectivity index (χ0v) is 11.8. The molecule has 3 aromatic rings. The van der Waals surface area contributed by atoms with Crippen LogP contribution in [0.5, 0.6) is 0 Å². The summed E-state index contributed by atoms with van der Waals surface area (Å²) in [6.07, 6.45) is 9.91. The van der Waals surface area contributed by atoms with Crippen LogP contribution >= 0.6 is 0 Å². The number of pyridine rings is 1. The summed E-state index contributed by atoms with van der Waals surface area (Å²) in [4.78, 5) is 4.31. The fourth-order valence-electron chi connectivity index (χ4n) is 2.58. The first-order valence-electron chi connectivity index (χ1n) is 6.96. The maximum atomic E-state index is 5.85. The molecule has 0 amide bonds. The Morgan fingerprint density at radius 1 is 1.35 bits per heavy atom. The third kappa shape index (κ3) is 2.05.